The van der Waals surface area contributed by atoms with E-state index in [-0.39, 0.29) is 23.2 Å². The molecule has 0 radical (unpaired) electrons. The number of nitrogens with zero attached hydrogens (tertiary/aromatic N) is 1. The number of amides is 1. The van der Waals surface area contributed by atoms with Gasteiger partial charge in [-0.2, -0.15) is 0 Å². The zero-order valence-electron chi connectivity index (χ0n) is 17.5. The van der Waals surface area contributed by atoms with Crippen LogP contribution in [0, 0.1) is 5.82 Å². The summed E-state index contributed by atoms with van der Waals surface area (Å²) in [6.07, 6.45) is 0. The molecule has 0 saturated carbocycles. The third-order valence-electron chi connectivity index (χ3n) is 5.75. The molecule has 166 valence electrons. The summed E-state index contributed by atoms with van der Waals surface area (Å²) >= 11 is 0. The van der Waals surface area contributed by atoms with Crippen molar-refractivity contribution in [1.82, 2.24) is 4.90 Å². The van der Waals surface area contributed by atoms with E-state index in [0.717, 1.165) is 5.56 Å². The molecule has 0 unspecified atom stereocenters. The Bertz CT molecular complexity index is 1270. The van der Waals surface area contributed by atoms with Crippen molar-refractivity contribution in [3.63, 3.8) is 0 Å². The molecule has 2 heterocycles. The maximum atomic E-state index is 14.9. The second-order valence-electron chi connectivity index (χ2n) is 7.79. The minimum Gasteiger partial charge on any atom is -0.507 e. The summed E-state index contributed by atoms with van der Waals surface area (Å²) in [6, 6.07) is 18.7. The number of hydrogen-bond donors (Lipinski definition) is 1. The van der Waals surface area contributed by atoms with E-state index in [1.165, 1.54) is 23.1 Å². The number of halogens is 1. The molecule has 6 nitrogen and oxygen atoms in total. The van der Waals surface area contributed by atoms with Crippen LogP contribution in [0.25, 0.3) is 5.76 Å². The molecular formula is C26H20FNO5. The molecule has 5 rings (SSSR count). The van der Waals surface area contributed by atoms with Crippen molar-refractivity contribution in [2.45, 2.75) is 12.6 Å². The number of benzene rings is 3. The van der Waals surface area contributed by atoms with Gasteiger partial charge in [-0.1, -0.05) is 48.5 Å². The number of likely N-dealkylation sites (tertiary alicyclic amines) is 1. The van der Waals surface area contributed by atoms with E-state index in [1.54, 1.807) is 24.3 Å². The van der Waals surface area contributed by atoms with Crippen molar-refractivity contribution in [2.24, 2.45) is 0 Å². The molecule has 1 fully saturated rings. The summed E-state index contributed by atoms with van der Waals surface area (Å²) in [6.45, 7) is 0.854. The average molecular weight is 445 g/mol. The summed E-state index contributed by atoms with van der Waals surface area (Å²) in [5.41, 5.74) is 1.02. The van der Waals surface area contributed by atoms with Crippen LogP contribution in [-0.4, -0.2) is 34.9 Å². The second-order valence-corrected chi connectivity index (χ2v) is 7.79. The second kappa shape index (κ2) is 8.43. The molecule has 3 aromatic rings. The van der Waals surface area contributed by atoms with Crippen LogP contribution < -0.4 is 9.47 Å². The minimum absolute atomic E-state index is 0.0856. The molecule has 2 aliphatic heterocycles. The van der Waals surface area contributed by atoms with E-state index >= 15 is 0 Å². The van der Waals surface area contributed by atoms with E-state index in [9.17, 15) is 19.1 Å². The van der Waals surface area contributed by atoms with E-state index in [2.05, 4.69) is 0 Å². The topological polar surface area (TPSA) is 76.1 Å². The quantitative estimate of drug-likeness (QED) is 0.370. The number of Topliss-reactive ketones (excluding diaryl/α,β-unsaturated/α-hetero) is 1. The molecule has 1 N–H and O–H groups in total. The van der Waals surface area contributed by atoms with E-state index in [1.807, 2.05) is 30.3 Å². The summed E-state index contributed by atoms with van der Waals surface area (Å²) < 4.78 is 26.0. The predicted molar refractivity (Wildman–Crippen MR) is 118 cm³/mol. The maximum Gasteiger partial charge on any atom is 0.295 e. The van der Waals surface area contributed by atoms with Gasteiger partial charge in [0, 0.05) is 17.7 Å². The standard InChI is InChI=1S/C26H20FNO5/c27-19-9-5-4-8-18(19)23-22(24(29)17-10-11-20-21(14-17)33-13-12-32-20)25(30)26(31)28(23)15-16-6-2-1-3-7-16/h1-11,14,23,29H,12-13,15H2/b24-22+/t23-/m0/s1. The van der Waals surface area contributed by atoms with Crippen molar-refractivity contribution < 1.29 is 28.6 Å². The van der Waals surface area contributed by atoms with Gasteiger partial charge in [-0.25, -0.2) is 4.39 Å². The monoisotopic (exact) mass is 445 g/mol. The Morgan fingerprint density at radius 3 is 2.39 bits per heavy atom. The number of carbonyl (C=O) groups excluding carboxylic acids is 2. The summed E-state index contributed by atoms with van der Waals surface area (Å²) in [4.78, 5) is 27.5. The number of aliphatic hydroxyl groups excluding tert-OH is 1. The largest absolute Gasteiger partial charge is 0.507 e. The van der Waals surface area contributed by atoms with Crippen molar-refractivity contribution in [3.8, 4) is 11.5 Å². The maximum absolute atomic E-state index is 14.9. The van der Waals surface area contributed by atoms with Gasteiger partial charge in [-0.3, -0.25) is 9.59 Å². The first kappa shape index (κ1) is 20.8. The number of aliphatic hydroxyl groups is 1. The van der Waals surface area contributed by atoms with Crippen LogP contribution in [-0.2, 0) is 16.1 Å². The third kappa shape index (κ3) is 3.71. The first-order valence-corrected chi connectivity index (χ1v) is 10.5. The Morgan fingerprint density at radius 2 is 1.64 bits per heavy atom. The number of fused-ring (bicyclic) bond motifs is 1. The Balaban J connectivity index is 1.65. The number of rotatable bonds is 4. The van der Waals surface area contributed by atoms with Gasteiger partial charge in [-0.15, -0.1) is 0 Å². The molecule has 0 bridgehead atoms. The SMILES string of the molecule is O=C1C(=O)N(Cc2ccccc2)[C@@H](c2ccccc2F)/C1=C(\O)c1ccc2c(c1)OCCO2. The van der Waals surface area contributed by atoms with Crippen LogP contribution in [0.4, 0.5) is 4.39 Å². The summed E-state index contributed by atoms with van der Waals surface area (Å²) in [5, 5.41) is 11.2. The smallest absolute Gasteiger partial charge is 0.295 e. The van der Waals surface area contributed by atoms with Crippen LogP contribution in [0.5, 0.6) is 11.5 Å². The summed E-state index contributed by atoms with van der Waals surface area (Å²) in [5.74, 6) is -1.69. The molecule has 1 atom stereocenters. The Hall–Kier alpha value is -4.13. The summed E-state index contributed by atoms with van der Waals surface area (Å²) in [7, 11) is 0. The minimum atomic E-state index is -1.08. The molecule has 2 aliphatic rings. The normalized spacial score (nSPS) is 19.1. The zero-order chi connectivity index (χ0) is 22.9. The molecule has 7 heteroatoms. The van der Waals surface area contributed by atoms with Crippen LogP contribution >= 0.6 is 0 Å². The fourth-order valence-corrected chi connectivity index (χ4v) is 4.19. The van der Waals surface area contributed by atoms with Gasteiger partial charge in [0.2, 0.25) is 0 Å². The molecular weight excluding hydrogens is 425 g/mol. The first-order valence-electron chi connectivity index (χ1n) is 10.5. The highest BCUT2D eigenvalue weighted by molar-refractivity contribution is 6.46. The molecule has 0 aromatic heterocycles. The Labute approximate surface area is 189 Å². The highest BCUT2D eigenvalue weighted by atomic mass is 19.1. The van der Waals surface area contributed by atoms with Crippen LogP contribution in [0.15, 0.2) is 78.4 Å². The number of ether oxygens (including phenoxy) is 2. The fourth-order valence-electron chi connectivity index (χ4n) is 4.19. The molecule has 0 aliphatic carbocycles. The van der Waals surface area contributed by atoms with Gasteiger partial charge < -0.3 is 19.5 Å². The number of hydrogen-bond acceptors (Lipinski definition) is 5. The fraction of sp³-hybridized carbons (Fsp3) is 0.154. The molecule has 1 amide bonds. The van der Waals surface area contributed by atoms with Gasteiger partial charge in [0.25, 0.3) is 11.7 Å². The average Bonchev–Trinajstić information content (AvgIpc) is 3.09. The lowest BCUT2D eigenvalue weighted by molar-refractivity contribution is -0.140. The van der Waals surface area contributed by atoms with E-state index in [0.29, 0.717) is 24.7 Å². The highest BCUT2D eigenvalue weighted by Gasteiger charge is 2.47. The lowest BCUT2D eigenvalue weighted by atomic mass is 9.94. The van der Waals surface area contributed by atoms with E-state index < -0.39 is 29.3 Å². The Morgan fingerprint density at radius 1 is 0.939 bits per heavy atom. The van der Waals surface area contributed by atoms with Gasteiger partial charge in [-0.05, 0) is 29.8 Å². The highest BCUT2D eigenvalue weighted by Crippen LogP contribution is 2.42. The van der Waals surface area contributed by atoms with Crippen LogP contribution in [0.3, 0.4) is 0 Å². The van der Waals surface area contributed by atoms with Gasteiger partial charge >= 0.3 is 0 Å². The van der Waals surface area contributed by atoms with Gasteiger partial charge in [0.05, 0.1) is 11.6 Å². The van der Waals surface area contributed by atoms with Crippen molar-refractivity contribution in [2.75, 3.05) is 13.2 Å². The van der Waals surface area contributed by atoms with Crippen molar-refractivity contribution >= 4 is 17.4 Å². The van der Waals surface area contributed by atoms with Crippen LogP contribution in [0.1, 0.15) is 22.7 Å². The lowest BCUT2D eigenvalue weighted by Crippen LogP contribution is -2.29. The molecule has 3 aromatic carbocycles. The number of ketones is 1. The Kier molecular flexibility index (Phi) is 5.30. The third-order valence-corrected chi connectivity index (χ3v) is 5.75. The first-order chi connectivity index (χ1) is 16.0. The number of carbonyl (C=O) groups is 2. The van der Waals surface area contributed by atoms with Crippen LogP contribution in [0.2, 0.25) is 0 Å². The van der Waals surface area contributed by atoms with Gasteiger partial charge in [0.15, 0.2) is 11.5 Å². The van der Waals surface area contributed by atoms with Crippen molar-refractivity contribution in [1.29, 1.82) is 0 Å². The van der Waals surface area contributed by atoms with Gasteiger partial charge in [0.1, 0.15) is 24.8 Å². The predicted octanol–water partition coefficient (Wildman–Crippen LogP) is 4.22. The molecule has 0 spiro atoms. The molecule has 33 heavy (non-hydrogen) atoms. The zero-order valence-corrected chi connectivity index (χ0v) is 17.5. The van der Waals surface area contributed by atoms with Crippen molar-refractivity contribution in [3.05, 3.63) is 101 Å². The van der Waals surface area contributed by atoms with E-state index in [4.69, 9.17) is 9.47 Å². The molecule has 1 saturated heterocycles. The lowest BCUT2D eigenvalue weighted by Gasteiger charge is -2.26.